The van der Waals surface area contributed by atoms with Crippen molar-refractivity contribution in [3.8, 4) is 6.07 Å². The lowest BCUT2D eigenvalue weighted by atomic mass is 10.2. The van der Waals surface area contributed by atoms with Crippen molar-refractivity contribution in [3.05, 3.63) is 11.3 Å². The summed E-state index contributed by atoms with van der Waals surface area (Å²) in [7, 11) is 0. The Morgan fingerprint density at radius 1 is 1.64 bits per heavy atom. The van der Waals surface area contributed by atoms with Gasteiger partial charge in [-0.2, -0.15) is 5.26 Å². The molecule has 1 saturated carbocycles. The number of primary amides is 1. The van der Waals surface area contributed by atoms with Gasteiger partial charge in [-0.1, -0.05) is 0 Å². The van der Waals surface area contributed by atoms with Gasteiger partial charge in [0.05, 0.1) is 0 Å². The van der Waals surface area contributed by atoms with Crippen LogP contribution in [0.1, 0.15) is 12.8 Å². The summed E-state index contributed by atoms with van der Waals surface area (Å²) in [6.45, 7) is 0. The van der Waals surface area contributed by atoms with Crippen molar-refractivity contribution in [2.75, 3.05) is 0 Å². The van der Waals surface area contributed by atoms with Gasteiger partial charge in [0, 0.05) is 5.92 Å². The van der Waals surface area contributed by atoms with E-state index in [2.05, 4.69) is 0 Å². The number of aliphatic hydroxyl groups is 1. The molecule has 0 heterocycles. The molecule has 0 radical (unpaired) electrons. The van der Waals surface area contributed by atoms with E-state index in [9.17, 15) is 9.90 Å². The lowest BCUT2D eigenvalue weighted by molar-refractivity contribution is -0.114. The van der Waals surface area contributed by atoms with Gasteiger partial charge in [0.25, 0.3) is 5.91 Å². The van der Waals surface area contributed by atoms with E-state index in [1.54, 1.807) is 6.07 Å². The van der Waals surface area contributed by atoms with E-state index < -0.39 is 5.91 Å². The summed E-state index contributed by atoms with van der Waals surface area (Å²) in [4.78, 5) is 10.5. The van der Waals surface area contributed by atoms with Gasteiger partial charge >= 0.3 is 0 Å². The predicted molar refractivity (Wildman–Crippen MR) is 37.2 cm³/mol. The molecule has 0 aromatic rings. The number of carbonyl (C=O) groups excluding carboxylic acids is 1. The Kier molecular flexibility index (Phi) is 1.81. The van der Waals surface area contributed by atoms with E-state index in [4.69, 9.17) is 11.0 Å². The minimum Gasteiger partial charge on any atom is -0.510 e. The fourth-order valence-electron chi connectivity index (χ4n) is 0.799. The highest BCUT2D eigenvalue weighted by atomic mass is 16.3. The van der Waals surface area contributed by atoms with Gasteiger partial charge in [0.2, 0.25) is 0 Å². The zero-order valence-corrected chi connectivity index (χ0v) is 5.87. The number of nitriles is 1. The summed E-state index contributed by atoms with van der Waals surface area (Å²) < 4.78 is 0. The van der Waals surface area contributed by atoms with Crippen LogP contribution in [-0.4, -0.2) is 11.0 Å². The molecular weight excluding hydrogens is 144 g/mol. The van der Waals surface area contributed by atoms with E-state index in [-0.39, 0.29) is 17.3 Å². The maximum atomic E-state index is 10.5. The molecule has 0 atom stereocenters. The van der Waals surface area contributed by atoms with Gasteiger partial charge in [0.15, 0.2) is 5.57 Å². The second-order valence-electron chi connectivity index (χ2n) is 2.51. The number of amides is 1. The second kappa shape index (κ2) is 2.62. The highest BCUT2D eigenvalue weighted by molar-refractivity contribution is 5.96. The first-order valence-corrected chi connectivity index (χ1v) is 3.30. The highest BCUT2D eigenvalue weighted by Crippen LogP contribution is 2.36. The number of carbonyl (C=O) groups is 1. The van der Waals surface area contributed by atoms with Crippen molar-refractivity contribution >= 4 is 5.91 Å². The first-order valence-electron chi connectivity index (χ1n) is 3.30. The van der Waals surface area contributed by atoms with E-state index in [1.807, 2.05) is 0 Å². The Hall–Kier alpha value is -1.50. The van der Waals surface area contributed by atoms with Gasteiger partial charge in [-0.05, 0) is 12.8 Å². The molecule has 1 fully saturated rings. The maximum absolute atomic E-state index is 10.5. The maximum Gasteiger partial charge on any atom is 0.262 e. The molecule has 1 aliphatic carbocycles. The Balaban J connectivity index is 2.88. The Morgan fingerprint density at radius 2 is 2.18 bits per heavy atom. The summed E-state index contributed by atoms with van der Waals surface area (Å²) in [5, 5.41) is 17.6. The molecule has 58 valence electrons. The molecule has 4 heteroatoms. The van der Waals surface area contributed by atoms with Crippen LogP contribution in [-0.2, 0) is 4.79 Å². The lowest BCUT2D eigenvalue weighted by Crippen LogP contribution is -2.15. The van der Waals surface area contributed by atoms with Gasteiger partial charge in [-0.25, -0.2) is 0 Å². The Bertz CT molecular complexity index is 258. The summed E-state index contributed by atoms with van der Waals surface area (Å²) >= 11 is 0. The number of aliphatic hydroxyl groups excluding tert-OH is 1. The number of nitrogens with two attached hydrogens (primary N) is 1. The molecule has 0 saturated heterocycles. The van der Waals surface area contributed by atoms with Crippen molar-refractivity contribution in [1.82, 2.24) is 0 Å². The summed E-state index contributed by atoms with van der Waals surface area (Å²) in [6.07, 6.45) is 1.68. The summed E-state index contributed by atoms with van der Waals surface area (Å²) in [5.74, 6) is -0.992. The first-order chi connectivity index (χ1) is 5.16. The van der Waals surface area contributed by atoms with Crippen LogP contribution in [0, 0.1) is 17.2 Å². The number of rotatable bonds is 2. The minimum atomic E-state index is -0.850. The molecule has 0 unspecified atom stereocenters. The molecule has 1 aliphatic rings. The van der Waals surface area contributed by atoms with E-state index >= 15 is 0 Å². The Morgan fingerprint density at radius 3 is 2.45 bits per heavy atom. The normalized spacial score (nSPS) is 18.5. The van der Waals surface area contributed by atoms with Crippen LogP contribution in [0.3, 0.4) is 0 Å². The molecule has 3 N–H and O–H groups in total. The van der Waals surface area contributed by atoms with Crippen molar-refractivity contribution in [2.24, 2.45) is 11.7 Å². The fourth-order valence-corrected chi connectivity index (χ4v) is 0.799. The van der Waals surface area contributed by atoms with Gasteiger partial charge < -0.3 is 10.8 Å². The van der Waals surface area contributed by atoms with Crippen molar-refractivity contribution in [3.63, 3.8) is 0 Å². The van der Waals surface area contributed by atoms with E-state index in [0.717, 1.165) is 12.8 Å². The third kappa shape index (κ3) is 1.49. The molecule has 1 amide bonds. The average Bonchev–Trinajstić information content (AvgIpc) is 2.68. The average molecular weight is 152 g/mol. The van der Waals surface area contributed by atoms with Gasteiger partial charge in [-0.15, -0.1) is 0 Å². The zero-order valence-electron chi connectivity index (χ0n) is 5.87. The molecule has 4 nitrogen and oxygen atoms in total. The van der Waals surface area contributed by atoms with Crippen LogP contribution in [0.2, 0.25) is 0 Å². The van der Waals surface area contributed by atoms with Gasteiger partial charge in [-0.3, -0.25) is 4.79 Å². The smallest absolute Gasteiger partial charge is 0.262 e. The standard InChI is InChI=1S/C7H8N2O2/c8-3-5(7(9)11)6(10)4-1-2-4/h4,10H,1-2H2,(H2,9,11). The van der Waals surface area contributed by atoms with Crippen LogP contribution < -0.4 is 5.73 Å². The van der Waals surface area contributed by atoms with Crippen LogP contribution in [0.5, 0.6) is 0 Å². The summed E-state index contributed by atoms with van der Waals surface area (Å²) in [5.41, 5.74) is 4.54. The number of hydrogen-bond donors (Lipinski definition) is 2. The number of hydrogen-bond acceptors (Lipinski definition) is 3. The minimum absolute atomic E-state index is 0.00264. The lowest BCUT2D eigenvalue weighted by Gasteiger charge is -1.96. The molecular formula is C7H8N2O2. The number of allylic oxidation sites excluding steroid dienone is 1. The quantitative estimate of drug-likeness (QED) is 0.337. The molecule has 1 rings (SSSR count). The second-order valence-corrected chi connectivity index (χ2v) is 2.51. The summed E-state index contributed by atoms with van der Waals surface area (Å²) in [6, 6.07) is 1.58. The molecule has 0 aromatic carbocycles. The fraction of sp³-hybridized carbons (Fsp3) is 0.429. The van der Waals surface area contributed by atoms with Crippen molar-refractivity contribution < 1.29 is 9.90 Å². The molecule has 0 aromatic heterocycles. The third-order valence-electron chi connectivity index (χ3n) is 1.58. The van der Waals surface area contributed by atoms with Crippen LogP contribution >= 0.6 is 0 Å². The van der Waals surface area contributed by atoms with Gasteiger partial charge in [0.1, 0.15) is 11.8 Å². The van der Waals surface area contributed by atoms with Crippen molar-refractivity contribution in [2.45, 2.75) is 12.8 Å². The predicted octanol–water partition coefficient (Wildman–Crippen LogP) is 0.217. The zero-order chi connectivity index (χ0) is 8.43. The Labute approximate surface area is 63.9 Å². The number of nitrogens with zero attached hydrogens (tertiary/aromatic N) is 1. The monoisotopic (exact) mass is 152 g/mol. The molecule has 0 aliphatic heterocycles. The van der Waals surface area contributed by atoms with Crippen LogP contribution in [0.4, 0.5) is 0 Å². The van der Waals surface area contributed by atoms with Crippen LogP contribution in [0.25, 0.3) is 0 Å². The van der Waals surface area contributed by atoms with Crippen molar-refractivity contribution in [1.29, 1.82) is 5.26 Å². The topological polar surface area (TPSA) is 87.1 Å². The van der Waals surface area contributed by atoms with E-state index in [1.165, 1.54) is 0 Å². The SMILES string of the molecule is N#CC(C(N)=O)=C(O)C1CC1. The highest BCUT2D eigenvalue weighted by Gasteiger charge is 2.29. The molecule has 0 spiro atoms. The van der Waals surface area contributed by atoms with E-state index in [0.29, 0.717) is 0 Å². The molecule has 0 bridgehead atoms. The van der Waals surface area contributed by atoms with Crippen LogP contribution in [0.15, 0.2) is 11.3 Å². The largest absolute Gasteiger partial charge is 0.510 e. The third-order valence-corrected chi connectivity index (χ3v) is 1.58. The molecule has 11 heavy (non-hydrogen) atoms. The first kappa shape index (κ1) is 7.61.